The Labute approximate surface area is 195 Å². The number of ether oxygens (including phenoxy) is 2. The molecule has 0 aliphatic carbocycles. The molecule has 4 rings (SSSR count). The largest absolute Gasteiger partial charge is 0.473 e. The lowest BCUT2D eigenvalue weighted by molar-refractivity contribution is -0.137. The summed E-state index contributed by atoms with van der Waals surface area (Å²) in [5.74, 6) is 2.73. The third-order valence-electron chi connectivity index (χ3n) is 5.02. The Kier molecular flexibility index (Phi) is 6.84. The molecule has 1 aromatic heterocycles. The summed E-state index contributed by atoms with van der Waals surface area (Å²) >= 11 is 0. The van der Waals surface area contributed by atoms with Crippen LogP contribution < -0.4 is 9.47 Å². The van der Waals surface area contributed by atoms with Crippen LogP contribution in [0, 0.1) is 12.3 Å². The summed E-state index contributed by atoms with van der Waals surface area (Å²) in [6.45, 7) is 0.472. The predicted molar refractivity (Wildman–Crippen MR) is 124 cm³/mol. The maximum Gasteiger partial charge on any atom is 0.416 e. The fourth-order valence-corrected chi connectivity index (χ4v) is 3.32. The van der Waals surface area contributed by atoms with Crippen molar-refractivity contribution in [3.63, 3.8) is 0 Å². The minimum Gasteiger partial charge on any atom is -0.473 e. The molecule has 1 heterocycles. The second kappa shape index (κ2) is 10.1. The summed E-state index contributed by atoms with van der Waals surface area (Å²) in [6.07, 6.45) is 0.874. The van der Waals surface area contributed by atoms with E-state index in [1.54, 1.807) is 12.1 Å². The van der Waals surface area contributed by atoms with E-state index in [-0.39, 0.29) is 30.2 Å². The molecular weight excluding hydrogens is 439 g/mol. The highest BCUT2D eigenvalue weighted by molar-refractivity contribution is 5.71. The highest BCUT2D eigenvalue weighted by Gasteiger charge is 2.31. The van der Waals surface area contributed by atoms with Gasteiger partial charge < -0.3 is 9.47 Å². The molecule has 0 fully saturated rings. The van der Waals surface area contributed by atoms with Crippen LogP contribution in [-0.2, 0) is 19.4 Å². The lowest BCUT2D eigenvalue weighted by Gasteiger charge is -2.15. The van der Waals surface area contributed by atoms with E-state index >= 15 is 0 Å². The fraction of sp³-hybridized carbons (Fsp3) is 0.107. The number of alkyl halides is 3. The molecular formula is C28H20F3NO2. The standard InChI is InChI=1S/C28H20F3NO2/c1-2-20-15-23(17-24(16-20)28(29,30)31)25-13-14-26(33-18-21-9-5-3-6-10-21)32-27(25)34-19-22-11-7-4-8-12-22/h1,3-17H,18-19H2. The van der Waals surface area contributed by atoms with Crippen molar-refractivity contribution in [1.29, 1.82) is 0 Å². The number of nitrogens with zero attached hydrogens (tertiary/aromatic N) is 1. The summed E-state index contributed by atoms with van der Waals surface area (Å²) in [4.78, 5) is 4.45. The van der Waals surface area contributed by atoms with Gasteiger partial charge in [-0.15, -0.1) is 6.42 Å². The van der Waals surface area contributed by atoms with E-state index in [1.807, 2.05) is 60.7 Å². The Bertz CT molecular complexity index is 1300. The Morgan fingerprint density at radius 1 is 0.765 bits per heavy atom. The van der Waals surface area contributed by atoms with Crippen LogP contribution in [0.2, 0.25) is 0 Å². The molecule has 0 bridgehead atoms. The van der Waals surface area contributed by atoms with Gasteiger partial charge >= 0.3 is 6.18 Å². The van der Waals surface area contributed by atoms with Crippen LogP contribution in [0.5, 0.6) is 11.8 Å². The molecule has 0 saturated heterocycles. The van der Waals surface area contributed by atoms with Gasteiger partial charge in [-0.05, 0) is 41.0 Å². The first-order valence-electron chi connectivity index (χ1n) is 10.5. The van der Waals surface area contributed by atoms with Crippen LogP contribution in [0.15, 0.2) is 91.0 Å². The average Bonchev–Trinajstić information content (AvgIpc) is 2.86. The van der Waals surface area contributed by atoms with Crippen molar-refractivity contribution in [2.45, 2.75) is 19.4 Å². The molecule has 3 nitrogen and oxygen atoms in total. The van der Waals surface area contributed by atoms with Gasteiger partial charge in [-0.25, -0.2) is 0 Å². The molecule has 0 radical (unpaired) electrons. The molecule has 6 heteroatoms. The lowest BCUT2D eigenvalue weighted by atomic mass is 10.0. The van der Waals surface area contributed by atoms with E-state index in [4.69, 9.17) is 15.9 Å². The van der Waals surface area contributed by atoms with Crippen molar-refractivity contribution in [1.82, 2.24) is 4.98 Å². The number of rotatable bonds is 7. The summed E-state index contributed by atoms with van der Waals surface area (Å²) in [7, 11) is 0. The van der Waals surface area contributed by atoms with Gasteiger partial charge in [0.05, 0.1) is 5.56 Å². The topological polar surface area (TPSA) is 31.4 Å². The first kappa shape index (κ1) is 22.9. The molecule has 0 amide bonds. The molecule has 34 heavy (non-hydrogen) atoms. The first-order chi connectivity index (χ1) is 16.4. The van der Waals surface area contributed by atoms with Gasteiger partial charge in [0.25, 0.3) is 0 Å². The minimum atomic E-state index is -4.54. The normalized spacial score (nSPS) is 11.0. The zero-order valence-electron chi connectivity index (χ0n) is 18.0. The van der Waals surface area contributed by atoms with Crippen LogP contribution in [0.4, 0.5) is 13.2 Å². The lowest BCUT2D eigenvalue weighted by Crippen LogP contribution is -2.06. The van der Waals surface area contributed by atoms with E-state index in [0.29, 0.717) is 11.4 Å². The smallest absolute Gasteiger partial charge is 0.416 e. The Hall–Kier alpha value is -4.24. The van der Waals surface area contributed by atoms with Crippen LogP contribution >= 0.6 is 0 Å². The Balaban J connectivity index is 1.70. The summed E-state index contributed by atoms with van der Waals surface area (Å²) in [5.41, 5.74) is 1.76. The van der Waals surface area contributed by atoms with Gasteiger partial charge in [0.15, 0.2) is 0 Å². The number of halogens is 3. The van der Waals surface area contributed by atoms with Gasteiger partial charge in [0.1, 0.15) is 13.2 Å². The third kappa shape index (κ3) is 5.76. The van der Waals surface area contributed by atoms with E-state index in [0.717, 1.165) is 23.3 Å². The summed E-state index contributed by atoms with van der Waals surface area (Å²) < 4.78 is 52.1. The predicted octanol–water partition coefficient (Wildman–Crippen LogP) is 6.91. The minimum absolute atomic E-state index is 0.114. The monoisotopic (exact) mass is 459 g/mol. The van der Waals surface area contributed by atoms with Crippen LogP contribution in [0.25, 0.3) is 11.1 Å². The van der Waals surface area contributed by atoms with Crippen molar-refractivity contribution in [3.05, 3.63) is 113 Å². The van der Waals surface area contributed by atoms with Crippen molar-refractivity contribution in [2.24, 2.45) is 0 Å². The van der Waals surface area contributed by atoms with Gasteiger partial charge in [0.2, 0.25) is 11.8 Å². The molecule has 0 N–H and O–H groups in total. The second-order valence-corrected chi connectivity index (χ2v) is 7.49. The number of pyridine rings is 1. The molecule has 4 aromatic rings. The molecule has 0 spiro atoms. The SMILES string of the molecule is C#Cc1cc(-c2ccc(OCc3ccccc3)nc2OCc2ccccc2)cc(C(F)(F)F)c1. The Morgan fingerprint density at radius 3 is 1.97 bits per heavy atom. The highest BCUT2D eigenvalue weighted by atomic mass is 19.4. The second-order valence-electron chi connectivity index (χ2n) is 7.49. The number of terminal acetylenes is 1. The fourth-order valence-electron chi connectivity index (χ4n) is 3.32. The summed E-state index contributed by atoms with van der Waals surface area (Å²) in [5, 5.41) is 0. The van der Waals surface area contributed by atoms with Crippen molar-refractivity contribution in [3.8, 4) is 35.2 Å². The molecule has 0 aliphatic heterocycles. The zero-order chi connectivity index (χ0) is 24.0. The van der Waals surface area contributed by atoms with Gasteiger partial charge in [-0.1, -0.05) is 66.6 Å². The van der Waals surface area contributed by atoms with Crippen molar-refractivity contribution < 1.29 is 22.6 Å². The molecule has 170 valence electrons. The Morgan fingerprint density at radius 2 is 1.38 bits per heavy atom. The number of hydrogen-bond acceptors (Lipinski definition) is 3. The maximum absolute atomic E-state index is 13.5. The third-order valence-corrected chi connectivity index (χ3v) is 5.02. The molecule has 0 atom stereocenters. The number of aromatic nitrogens is 1. The van der Waals surface area contributed by atoms with E-state index in [1.165, 1.54) is 6.07 Å². The molecule has 0 unspecified atom stereocenters. The number of benzene rings is 3. The van der Waals surface area contributed by atoms with Crippen LogP contribution in [0.3, 0.4) is 0 Å². The number of hydrogen-bond donors (Lipinski definition) is 0. The molecule has 0 aliphatic rings. The molecule has 3 aromatic carbocycles. The van der Waals surface area contributed by atoms with E-state index < -0.39 is 11.7 Å². The van der Waals surface area contributed by atoms with Gasteiger partial charge in [-0.3, -0.25) is 0 Å². The van der Waals surface area contributed by atoms with Gasteiger partial charge in [0, 0.05) is 17.2 Å². The average molecular weight is 459 g/mol. The quantitative estimate of drug-likeness (QED) is 0.282. The van der Waals surface area contributed by atoms with Crippen molar-refractivity contribution >= 4 is 0 Å². The van der Waals surface area contributed by atoms with Crippen LogP contribution in [0.1, 0.15) is 22.3 Å². The zero-order valence-corrected chi connectivity index (χ0v) is 18.0. The van der Waals surface area contributed by atoms with E-state index in [9.17, 15) is 13.2 Å². The molecule has 0 saturated carbocycles. The summed E-state index contributed by atoms with van der Waals surface area (Å²) in [6, 6.07) is 25.7. The van der Waals surface area contributed by atoms with Crippen LogP contribution in [-0.4, -0.2) is 4.98 Å². The van der Waals surface area contributed by atoms with Gasteiger partial charge in [-0.2, -0.15) is 18.2 Å². The van der Waals surface area contributed by atoms with E-state index in [2.05, 4.69) is 10.9 Å². The van der Waals surface area contributed by atoms with Crippen molar-refractivity contribution in [2.75, 3.05) is 0 Å². The maximum atomic E-state index is 13.5. The first-order valence-corrected chi connectivity index (χ1v) is 10.5. The highest BCUT2D eigenvalue weighted by Crippen LogP contribution is 2.37.